The lowest BCUT2D eigenvalue weighted by atomic mass is 10.1. The first kappa shape index (κ1) is 15.6. The van der Waals surface area contributed by atoms with Crippen LogP contribution in [0.5, 0.6) is 5.75 Å². The Hall–Kier alpha value is -2.30. The fourth-order valence-electron chi connectivity index (χ4n) is 3.16. The molecule has 1 aromatic carbocycles. The number of para-hydroxylation sites is 1. The summed E-state index contributed by atoms with van der Waals surface area (Å²) in [4.78, 5) is 12.6. The van der Waals surface area contributed by atoms with Crippen LogP contribution < -0.4 is 10.1 Å². The van der Waals surface area contributed by atoms with Crippen LogP contribution in [-0.4, -0.2) is 28.8 Å². The second-order valence-electron chi connectivity index (χ2n) is 5.89. The van der Waals surface area contributed by atoms with Gasteiger partial charge >= 0.3 is 0 Å². The topological polar surface area (TPSA) is 56.2 Å². The molecule has 3 rings (SSSR count). The quantitative estimate of drug-likeness (QED) is 0.922. The third-order valence-electron chi connectivity index (χ3n) is 4.39. The van der Waals surface area contributed by atoms with Gasteiger partial charge in [-0.3, -0.25) is 9.48 Å². The van der Waals surface area contributed by atoms with E-state index in [-0.39, 0.29) is 5.91 Å². The molecule has 1 amide bonds. The van der Waals surface area contributed by atoms with Gasteiger partial charge in [0.2, 0.25) is 0 Å². The molecule has 0 aliphatic heterocycles. The standard InChI is InChI=1S/C18H23N3O2/c1-3-21-16(18(22)19-13-8-4-5-9-13)12-15(20-21)14-10-6-7-11-17(14)23-2/h6-7,10-13H,3-5,8-9H2,1-2H3,(H,19,22). The van der Waals surface area contributed by atoms with Gasteiger partial charge in [0.25, 0.3) is 5.91 Å². The van der Waals surface area contributed by atoms with E-state index in [4.69, 9.17) is 4.74 Å². The minimum absolute atomic E-state index is 0.0348. The zero-order valence-electron chi connectivity index (χ0n) is 13.7. The Morgan fingerprint density at radius 1 is 1.35 bits per heavy atom. The lowest BCUT2D eigenvalue weighted by Crippen LogP contribution is -2.34. The number of nitrogens with one attached hydrogen (secondary N) is 1. The highest BCUT2D eigenvalue weighted by atomic mass is 16.5. The number of carbonyl (C=O) groups is 1. The second-order valence-corrected chi connectivity index (χ2v) is 5.89. The SMILES string of the molecule is CCn1nc(-c2ccccc2OC)cc1C(=O)NC1CCCC1. The molecule has 0 saturated heterocycles. The number of hydrogen-bond donors (Lipinski definition) is 1. The molecule has 0 spiro atoms. The molecule has 5 heteroatoms. The van der Waals surface area contributed by atoms with E-state index in [2.05, 4.69) is 10.4 Å². The van der Waals surface area contributed by atoms with E-state index >= 15 is 0 Å². The fraction of sp³-hybridized carbons (Fsp3) is 0.444. The average molecular weight is 313 g/mol. The van der Waals surface area contributed by atoms with E-state index in [1.165, 1.54) is 12.8 Å². The molecule has 23 heavy (non-hydrogen) atoms. The minimum Gasteiger partial charge on any atom is -0.496 e. The van der Waals surface area contributed by atoms with Crippen molar-refractivity contribution in [3.05, 3.63) is 36.0 Å². The van der Waals surface area contributed by atoms with Crippen molar-refractivity contribution in [1.82, 2.24) is 15.1 Å². The Morgan fingerprint density at radius 3 is 2.78 bits per heavy atom. The number of aryl methyl sites for hydroxylation is 1. The van der Waals surface area contributed by atoms with Crippen molar-refractivity contribution in [3.8, 4) is 17.0 Å². The predicted molar refractivity (Wildman–Crippen MR) is 89.6 cm³/mol. The van der Waals surface area contributed by atoms with Crippen molar-refractivity contribution in [2.75, 3.05) is 7.11 Å². The van der Waals surface area contributed by atoms with Gasteiger partial charge in [0.05, 0.1) is 12.8 Å². The number of hydrogen-bond acceptors (Lipinski definition) is 3. The van der Waals surface area contributed by atoms with Crippen LogP contribution in [0.2, 0.25) is 0 Å². The normalized spacial score (nSPS) is 14.9. The van der Waals surface area contributed by atoms with Crippen molar-refractivity contribution in [2.24, 2.45) is 0 Å². The summed E-state index contributed by atoms with van der Waals surface area (Å²) in [7, 11) is 1.64. The predicted octanol–water partition coefficient (Wildman–Crippen LogP) is 3.25. The van der Waals surface area contributed by atoms with Crippen LogP contribution >= 0.6 is 0 Å². The molecule has 1 aliphatic carbocycles. The third-order valence-corrected chi connectivity index (χ3v) is 4.39. The maximum atomic E-state index is 12.6. The summed E-state index contributed by atoms with van der Waals surface area (Å²) in [6.45, 7) is 2.65. The largest absolute Gasteiger partial charge is 0.496 e. The number of amides is 1. The van der Waals surface area contributed by atoms with Gasteiger partial charge in [-0.2, -0.15) is 5.10 Å². The van der Waals surface area contributed by atoms with Crippen LogP contribution in [0, 0.1) is 0 Å². The molecular weight excluding hydrogens is 290 g/mol. The van der Waals surface area contributed by atoms with Gasteiger partial charge < -0.3 is 10.1 Å². The Bertz CT molecular complexity index is 687. The number of nitrogens with zero attached hydrogens (tertiary/aromatic N) is 2. The highest BCUT2D eigenvalue weighted by Gasteiger charge is 2.22. The van der Waals surface area contributed by atoms with Gasteiger partial charge in [0.15, 0.2) is 0 Å². The lowest BCUT2D eigenvalue weighted by Gasteiger charge is -2.12. The minimum atomic E-state index is -0.0348. The van der Waals surface area contributed by atoms with Gasteiger partial charge in [-0.1, -0.05) is 25.0 Å². The van der Waals surface area contributed by atoms with Crippen molar-refractivity contribution in [2.45, 2.75) is 45.2 Å². The molecule has 1 aliphatic rings. The summed E-state index contributed by atoms with van der Waals surface area (Å²) in [5.41, 5.74) is 2.28. The van der Waals surface area contributed by atoms with E-state index < -0.39 is 0 Å². The van der Waals surface area contributed by atoms with E-state index in [1.807, 2.05) is 37.3 Å². The number of rotatable bonds is 5. The van der Waals surface area contributed by atoms with Crippen LogP contribution in [0.4, 0.5) is 0 Å². The first-order chi connectivity index (χ1) is 11.2. The molecule has 1 aromatic heterocycles. The van der Waals surface area contributed by atoms with Gasteiger partial charge in [-0.25, -0.2) is 0 Å². The summed E-state index contributed by atoms with van der Waals surface area (Å²) in [5, 5.41) is 7.71. The summed E-state index contributed by atoms with van der Waals surface area (Å²) < 4.78 is 7.16. The van der Waals surface area contributed by atoms with Crippen molar-refractivity contribution >= 4 is 5.91 Å². The molecule has 0 unspecified atom stereocenters. The molecule has 0 bridgehead atoms. The zero-order chi connectivity index (χ0) is 16.2. The molecule has 2 aromatic rings. The third kappa shape index (κ3) is 3.23. The molecule has 122 valence electrons. The van der Waals surface area contributed by atoms with Crippen LogP contribution in [0.3, 0.4) is 0 Å². The van der Waals surface area contributed by atoms with Gasteiger partial charge in [-0.15, -0.1) is 0 Å². The van der Waals surface area contributed by atoms with Crippen LogP contribution in [0.25, 0.3) is 11.3 Å². The zero-order valence-corrected chi connectivity index (χ0v) is 13.7. The van der Waals surface area contributed by atoms with E-state index in [1.54, 1.807) is 11.8 Å². The molecule has 0 radical (unpaired) electrons. The summed E-state index contributed by atoms with van der Waals surface area (Å²) >= 11 is 0. The highest BCUT2D eigenvalue weighted by molar-refractivity contribution is 5.94. The van der Waals surface area contributed by atoms with Gasteiger partial charge in [0, 0.05) is 18.2 Å². The molecule has 1 N–H and O–H groups in total. The van der Waals surface area contributed by atoms with Crippen LogP contribution in [0.1, 0.15) is 43.1 Å². The fourth-order valence-corrected chi connectivity index (χ4v) is 3.16. The van der Waals surface area contributed by atoms with Gasteiger partial charge in [-0.05, 0) is 38.0 Å². The van der Waals surface area contributed by atoms with Crippen molar-refractivity contribution in [1.29, 1.82) is 0 Å². The van der Waals surface area contributed by atoms with Crippen LogP contribution in [0.15, 0.2) is 30.3 Å². The molecule has 0 atom stereocenters. The molecule has 1 heterocycles. The molecule has 1 saturated carbocycles. The number of ether oxygens (including phenoxy) is 1. The summed E-state index contributed by atoms with van der Waals surface area (Å²) in [5.74, 6) is 0.725. The Morgan fingerprint density at radius 2 is 2.09 bits per heavy atom. The number of aromatic nitrogens is 2. The number of methoxy groups -OCH3 is 1. The Kier molecular flexibility index (Phi) is 4.65. The summed E-state index contributed by atoms with van der Waals surface area (Å²) in [6, 6.07) is 9.88. The average Bonchev–Trinajstić information content (AvgIpc) is 3.23. The van der Waals surface area contributed by atoms with E-state index in [0.29, 0.717) is 18.3 Å². The monoisotopic (exact) mass is 313 g/mol. The Labute approximate surface area is 136 Å². The lowest BCUT2D eigenvalue weighted by molar-refractivity contribution is 0.0927. The smallest absolute Gasteiger partial charge is 0.269 e. The van der Waals surface area contributed by atoms with Crippen LogP contribution in [-0.2, 0) is 6.54 Å². The van der Waals surface area contributed by atoms with Gasteiger partial charge in [0.1, 0.15) is 11.4 Å². The highest BCUT2D eigenvalue weighted by Crippen LogP contribution is 2.29. The van der Waals surface area contributed by atoms with Crippen molar-refractivity contribution in [3.63, 3.8) is 0 Å². The first-order valence-electron chi connectivity index (χ1n) is 8.25. The molecular formula is C18H23N3O2. The Balaban J connectivity index is 1.89. The molecule has 5 nitrogen and oxygen atoms in total. The van der Waals surface area contributed by atoms with E-state index in [0.717, 1.165) is 29.8 Å². The molecule has 1 fully saturated rings. The van der Waals surface area contributed by atoms with Crippen molar-refractivity contribution < 1.29 is 9.53 Å². The first-order valence-corrected chi connectivity index (χ1v) is 8.25. The summed E-state index contributed by atoms with van der Waals surface area (Å²) in [6.07, 6.45) is 4.55. The maximum absolute atomic E-state index is 12.6. The second kappa shape index (κ2) is 6.86. The maximum Gasteiger partial charge on any atom is 0.269 e. The van der Waals surface area contributed by atoms with E-state index in [9.17, 15) is 4.79 Å². The number of benzene rings is 1. The number of carbonyl (C=O) groups excluding carboxylic acids is 1.